The van der Waals surface area contributed by atoms with Crippen molar-refractivity contribution in [3.63, 3.8) is 0 Å². The number of nitrogens with zero attached hydrogens (tertiary/aromatic N) is 2. The van der Waals surface area contributed by atoms with Crippen LogP contribution in [0.3, 0.4) is 0 Å². The number of hydrogen-bond donors (Lipinski definition) is 0. The Kier molecular flexibility index (Phi) is 12.7. The first-order valence-corrected chi connectivity index (χ1v) is 33.0. The molecule has 2 heteroatoms. The molecule has 0 heterocycles. The smallest absolute Gasteiger partial charge is 0.0546 e. The van der Waals surface area contributed by atoms with E-state index in [4.69, 9.17) is 0 Å². The molecule has 0 fully saturated rings. The van der Waals surface area contributed by atoms with Gasteiger partial charge in [0.25, 0.3) is 0 Å². The predicted molar refractivity (Wildman–Crippen MR) is 404 cm³/mol. The molecule has 0 saturated carbocycles. The van der Waals surface area contributed by atoms with Crippen LogP contribution in [-0.2, 0) is 10.8 Å². The lowest BCUT2D eigenvalue weighted by Gasteiger charge is -2.29. The minimum absolute atomic E-state index is 0.223. The number of anilines is 6. The number of hydrogen-bond acceptors (Lipinski definition) is 2. The van der Waals surface area contributed by atoms with Crippen LogP contribution in [0, 0.1) is 0 Å². The normalized spacial score (nSPS) is 13.6. The Labute approximate surface area is 548 Å². The van der Waals surface area contributed by atoms with Crippen LogP contribution in [-0.4, -0.2) is 0 Å². The quantitative estimate of drug-likeness (QED) is 0.0995. The van der Waals surface area contributed by atoms with Gasteiger partial charge in [-0.25, -0.2) is 0 Å². The second-order valence-corrected chi connectivity index (χ2v) is 26.8. The Morgan fingerprint density at radius 1 is 0.213 bits per heavy atom. The zero-order valence-electron chi connectivity index (χ0n) is 53.1. The van der Waals surface area contributed by atoms with E-state index in [1.165, 1.54) is 154 Å². The van der Waals surface area contributed by atoms with Gasteiger partial charge in [0.1, 0.15) is 0 Å². The summed E-state index contributed by atoms with van der Waals surface area (Å²) in [7, 11) is 0. The molecule has 0 amide bonds. The third kappa shape index (κ3) is 8.85. The molecule has 444 valence electrons. The molecule has 18 rings (SSSR count). The van der Waals surface area contributed by atoms with Crippen molar-refractivity contribution in [1.29, 1.82) is 0 Å². The molecule has 0 aromatic heterocycles. The second-order valence-electron chi connectivity index (χ2n) is 26.8. The van der Waals surface area contributed by atoms with Crippen molar-refractivity contribution in [1.82, 2.24) is 0 Å². The fourth-order valence-electron chi connectivity index (χ4n) is 16.0. The minimum Gasteiger partial charge on any atom is -0.310 e. The molecular weight excluding hydrogens is 1130 g/mol. The minimum atomic E-state index is -0.223. The lowest BCUT2D eigenvalue weighted by molar-refractivity contribution is 0.660. The lowest BCUT2D eigenvalue weighted by atomic mass is 9.81. The van der Waals surface area contributed by atoms with Crippen molar-refractivity contribution in [3.05, 3.63) is 348 Å². The van der Waals surface area contributed by atoms with E-state index < -0.39 is 0 Å². The Morgan fingerprint density at radius 3 is 0.894 bits per heavy atom. The molecule has 2 aliphatic rings. The van der Waals surface area contributed by atoms with Crippen molar-refractivity contribution in [3.8, 4) is 22.3 Å². The predicted octanol–water partition coefficient (Wildman–Crippen LogP) is 25.7. The van der Waals surface area contributed by atoms with Gasteiger partial charge in [-0.3, -0.25) is 0 Å². The molecule has 16 aromatic rings. The topological polar surface area (TPSA) is 6.48 Å². The maximum Gasteiger partial charge on any atom is 0.0546 e. The first-order valence-electron chi connectivity index (χ1n) is 33.0. The summed E-state index contributed by atoms with van der Waals surface area (Å²) in [5.74, 6) is 0. The highest BCUT2D eigenvalue weighted by Crippen LogP contribution is 2.54. The van der Waals surface area contributed by atoms with Crippen LogP contribution in [0.2, 0.25) is 0 Å². The van der Waals surface area contributed by atoms with E-state index in [-0.39, 0.29) is 10.8 Å². The first kappa shape index (κ1) is 55.3. The Morgan fingerprint density at radius 2 is 0.500 bits per heavy atom. The molecule has 16 aromatic carbocycles. The van der Waals surface area contributed by atoms with Crippen LogP contribution in [0.15, 0.2) is 303 Å². The molecule has 2 nitrogen and oxygen atoms in total. The summed E-state index contributed by atoms with van der Waals surface area (Å²) in [6.45, 7) is 9.57. The fourth-order valence-corrected chi connectivity index (χ4v) is 16.0. The lowest BCUT2D eigenvalue weighted by Crippen LogP contribution is -2.17. The molecule has 0 unspecified atom stereocenters. The van der Waals surface area contributed by atoms with E-state index in [1.807, 2.05) is 0 Å². The molecule has 0 radical (unpaired) electrons. The summed E-state index contributed by atoms with van der Waals surface area (Å²) < 4.78 is 0. The summed E-state index contributed by atoms with van der Waals surface area (Å²) in [4.78, 5) is 4.90. The van der Waals surface area contributed by atoms with Crippen LogP contribution in [0.4, 0.5) is 34.1 Å². The summed E-state index contributed by atoms with van der Waals surface area (Å²) in [6.07, 6.45) is 9.16. The van der Waals surface area contributed by atoms with Crippen molar-refractivity contribution in [2.75, 3.05) is 9.80 Å². The summed E-state index contributed by atoms with van der Waals surface area (Å²) >= 11 is 0. The summed E-state index contributed by atoms with van der Waals surface area (Å²) in [5.41, 5.74) is 21.8. The molecule has 2 aliphatic carbocycles. The van der Waals surface area contributed by atoms with Gasteiger partial charge < -0.3 is 9.80 Å². The van der Waals surface area contributed by atoms with Crippen molar-refractivity contribution in [2.24, 2.45) is 0 Å². The van der Waals surface area contributed by atoms with E-state index in [9.17, 15) is 0 Å². The zero-order chi connectivity index (χ0) is 62.8. The van der Waals surface area contributed by atoms with Crippen LogP contribution in [0.1, 0.15) is 72.2 Å². The van der Waals surface area contributed by atoms with Crippen molar-refractivity contribution in [2.45, 2.75) is 38.5 Å². The van der Waals surface area contributed by atoms with Gasteiger partial charge in [-0.1, -0.05) is 283 Å². The molecule has 0 spiro atoms. The van der Waals surface area contributed by atoms with E-state index >= 15 is 0 Å². The maximum atomic E-state index is 2.45. The monoisotopic (exact) mass is 1200 g/mol. The van der Waals surface area contributed by atoms with Gasteiger partial charge in [0.15, 0.2) is 0 Å². The van der Waals surface area contributed by atoms with Gasteiger partial charge in [0.2, 0.25) is 0 Å². The first-order chi connectivity index (χ1) is 46.1. The number of para-hydroxylation sites is 2. The van der Waals surface area contributed by atoms with E-state index in [1.54, 1.807) is 0 Å². The third-order valence-electron chi connectivity index (χ3n) is 20.7. The van der Waals surface area contributed by atoms with Gasteiger partial charge in [-0.05, 0) is 204 Å². The highest BCUT2D eigenvalue weighted by Gasteiger charge is 2.38. The molecule has 0 saturated heterocycles. The van der Waals surface area contributed by atoms with Gasteiger partial charge in [0, 0.05) is 44.4 Å². The molecule has 0 aliphatic heterocycles. The number of rotatable bonds is 10. The van der Waals surface area contributed by atoms with Crippen LogP contribution in [0.5, 0.6) is 0 Å². The second kappa shape index (κ2) is 21.5. The van der Waals surface area contributed by atoms with Crippen molar-refractivity contribution < 1.29 is 0 Å². The molecule has 0 atom stereocenters. The van der Waals surface area contributed by atoms with E-state index in [0.717, 1.165) is 22.7 Å². The van der Waals surface area contributed by atoms with Crippen LogP contribution < -0.4 is 9.80 Å². The van der Waals surface area contributed by atoms with Gasteiger partial charge in [-0.2, -0.15) is 0 Å². The van der Waals surface area contributed by atoms with Crippen LogP contribution in [0.25, 0.3) is 122 Å². The highest BCUT2D eigenvalue weighted by atomic mass is 15.1. The molecule has 0 bridgehead atoms. The average molecular weight is 1200 g/mol. The standard InChI is InChI=1S/C92H66N2/c1-91(2)85-53-61(41-47-77(85)79-49-43-67(57-87(79)91)93(65-23-7-5-8-24-65)89-55-63-21-11-13-27-69(63)71-29-17-19-33-81(71)89)37-35-59-39-45-75-76-46-40-60(52-84(76)74-32-16-15-31-73(74)83(75)51-59)36-38-62-42-48-78-80-50-44-68(58-88(80)92(3,4)86(78)54-62)94(66-25-9-6-10-26-66)90-56-64-22-12-14-28-70(64)72-30-18-20-34-82(72)90/h5-58H,1-4H3. The van der Waals surface area contributed by atoms with Gasteiger partial charge >= 0.3 is 0 Å². The Bertz CT molecular complexity index is 5480. The Hall–Kier alpha value is -11.6. The number of fused-ring (bicyclic) bond motifs is 18. The molecule has 0 N–H and O–H groups in total. The van der Waals surface area contributed by atoms with Crippen molar-refractivity contribution >= 4 is 134 Å². The largest absolute Gasteiger partial charge is 0.310 e. The maximum absolute atomic E-state index is 2.45. The number of benzene rings is 16. The van der Waals surface area contributed by atoms with E-state index in [0.29, 0.717) is 0 Å². The molecule has 94 heavy (non-hydrogen) atoms. The summed E-state index contributed by atoms with van der Waals surface area (Å²) in [6, 6.07) is 113. The Balaban J connectivity index is 0.627. The fraction of sp³-hybridized carbons (Fsp3) is 0.0652. The average Bonchev–Trinajstić information content (AvgIpc) is 1.47. The third-order valence-corrected chi connectivity index (χ3v) is 20.7. The van der Waals surface area contributed by atoms with Gasteiger partial charge in [-0.15, -0.1) is 0 Å². The van der Waals surface area contributed by atoms with E-state index in [2.05, 4.69) is 365 Å². The zero-order valence-corrected chi connectivity index (χ0v) is 53.1. The van der Waals surface area contributed by atoms with Crippen LogP contribution >= 0.6 is 0 Å². The SMILES string of the molecule is CC1(C)c2cc(C=Cc3ccc4c5ccc(C=Cc6ccc7c(c6)C(C)(C)c6cc(N(c8ccccc8)c8cc9ccccc9c9ccccc89)ccc6-7)cc5c5ccccc5c4c3)ccc2-c2ccc(N(c3ccccc3)c3cc4ccccc4c4ccccc34)cc21. The summed E-state index contributed by atoms with van der Waals surface area (Å²) in [5, 5.41) is 17.6. The van der Waals surface area contributed by atoms with Gasteiger partial charge in [0.05, 0.1) is 11.4 Å². The highest BCUT2D eigenvalue weighted by molar-refractivity contribution is 6.26. The molecular formula is C92H66N2.